The number of hydrogen-bond acceptors (Lipinski definition) is 3. The molecule has 0 fully saturated rings. The van der Waals surface area contributed by atoms with E-state index in [0.717, 1.165) is 9.88 Å². The Labute approximate surface area is 76.7 Å². The van der Waals surface area contributed by atoms with Crippen molar-refractivity contribution < 1.29 is 0 Å². The Bertz CT molecular complexity index is 274. The van der Waals surface area contributed by atoms with Gasteiger partial charge in [-0.15, -0.1) is 11.3 Å². The third-order valence-electron chi connectivity index (χ3n) is 1.48. The summed E-state index contributed by atoms with van der Waals surface area (Å²) in [4.78, 5) is 9.15. The average Bonchev–Trinajstić information content (AvgIpc) is 2.46. The van der Waals surface area contributed by atoms with Crippen LogP contribution in [0.1, 0.15) is 29.7 Å². The van der Waals surface area contributed by atoms with Crippen molar-refractivity contribution in [1.82, 2.24) is 4.98 Å². The van der Waals surface area contributed by atoms with Crippen LogP contribution in [0.5, 0.6) is 0 Å². The first-order valence-electron chi connectivity index (χ1n) is 3.79. The third kappa shape index (κ3) is 1.61. The van der Waals surface area contributed by atoms with Crippen molar-refractivity contribution >= 4 is 29.9 Å². The van der Waals surface area contributed by atoms with Gasteiger partial charge in [-0.25, -0.2) is 9.98 Å². The van der Waals surface area contributed by atoms with Gasteiger partial charge in [-0.05, 0) is 12.8 Å². The van der Waals surface area contributed by atoms with Gasteiger partial charge in [0.2, 0.25) is 0 Å². The normalized spacial score (nSPS) is 10.2. The van der Waals surface area contributed by atoms with E-state index in [4.69, 9.17) is 0 Å². The van der Waals surface area contributed by atoms with Gasteiger partial charge in [-0.1, -0.05) is 20.4 Å². The molecule has 0 aliphatic rings. The Kier molecular flexibility index (Phi) is 2.76. The summed E-state index contributed by atoms with van der Waals surface area (Å²) in [6, 6.07) is 0. The summed E-state index contributed by atoms with van der Waals surface area (Å²) in [6.45, 7) is 11.4. The largest absolute Gasteiger partial charge is 0.244 e. The van der Waals surface area contributed by atoms with E-state index in [0.29, 0.717) is 11.7 Å². The summed E-state index contributed by atoms with van der Waals surface area (Å²) in [5.74, 6) is 1.16. The maximum Gasteiger partial charge on any atom is 0.169 e. The fraction of sp³-hybridized carbons (Fsp3) is 0.333. The number of rotatable bonds is 3. The summed E-state index contributed by atoms with van der Waals surface area (Å²) in [5.41, 5.74) is 0. The second kappa shape index (κ2) is 3.63. The molecule has 0 aliphatic heterocycles. The van der Waals surface area contributed by atoms with Gasteiger partial charge in [0.05, 0.1) is 9.88 Å². The standard InChI is InChI=1S/C9H12N2S/c1-5-7-8(10-4)11-9(12-7)6(2)3/h5-6H,1,4H2,2-3H3. The topological polar surface area (TPSA) is 25.2 Å². The molecule has 0 aliphatic carbocycles. The first kappa shape index (κ1) is 9.13. The van der Waals surface area contributed by atoms with Crippen LogP contribution in [0.25, 0.3) is 6.08 Å². The molecule has 1 aromatic rings. The molecule has 1 rings (SSSR count). The number of aliphatic imine (C=N–C) groups is 1. The van der Waals surface area contributed by atoms with Gasteiger partial charge in [0, 0.05) is 5.92 Å². The lowest BCUT2D eigenvalue weighted by molar-refractivity contribution is 0.853. The van der Waals surface area contributed by atoms with Crippen molar-refractivity contribution in [2.45, 2.75) is 19.8 Å². The number of hydrogen-bond donors (Lipinski definition) is 0. The minimum atomic E-state index is 0.448. The summed E-state index contributed by atoms with van der Waals surface area (Å²) in [7, 11) is 0. The van der Waals surface area contributed by atoms with E-state index in [1.807, 2.05) is 0 Å². The van der Waals surface area contributed by atoms with Crippen molar-refractivity contribution in [3.63, 3.8) is 0 Å². The lowest BCUT2D eigenvalue weighted by Crippen LogP contribution is -1.82. The van der Waals surface area contributed by atoms with Gasteiger partial charge < -0.3 is 0 Å². The van der Waals surface area contributed by atoms with Crippen molar-refractivity contribution in [2.24, 2.45) is 4.99 Å². The molecule has 0 radical (unpaired) electrons. The van der Waals surface area contributed by atoms with Gasteiger partial charge >= 0.3 is 0 Å². The Balaban J connectivity index is 3.13. The van der Waals surface area contributed by atoms with Gasteiger partial charge in [0.15, 0.2) is 5.82 Å². The number of thiazole rings is 1. The van der Waals surface area contributed by atoms with Crippen LogP contribution in [0.3, 0.4) is 0 Å². The van der Waals surface area contributed by atoms with Crippen molar-refractivity contribution in [3.8, 4) is 0 Å². The predicted molar refractivity (Wildman–Crippen MR) is 55.5 cm³/mol. The van der Waals surface area contributed by atoms with Crippen LogP contribution in [0.4, 0.5) is 5.82 Å². The average molecular weight is 180 g/mol. The van der Waals surface area contributed by atoms with Gasteiger partial charge in [-0.3, -0.25) is 0 Å². The van der Waals surface area contributed by atoms with Gasteiger partial charge in [-0.2, -0.15) is 0 Å². The molecule has 1 aromatic heterocycles. The first-order valence-corrected chi connectivity index (χ1v) is 4.60. The monoisotopic (exact) mass is 180 g/mol. The number of nitrogens with zero attached hydrogens (tertiary/aromatic N) is 2. The summed E-state index contributed by atoms with van der Waals surface area (Å²) in [6.07, 6.45) is 1.77. The molecule has 12 heavy (non-hydrogen) atoms. The molecule has 2 nitrogen and oxygen atoms in total. The van der Waals surface area contributed by atoms with Gasteiger partial charge in [0.1, 0.15) is 0 Å². The van der Waals surface area contributed by atoms with Crippen LogP contribution < -0.4 is 0 Å². The smallest absolute Gasteiger partial charge is 0.169 e. The molecule has 64 valence electrons. The summed E-state index contributed by atoms with van der Waals surface area (Å²) < 4.78 is 0. The Hall–Kier alpha value is -0.960. The van der Waals surface area contributed by atoms with Crippen LogP contribution in [-0.2, 0) is 0 Å². The maximum atomic E-state index is 4.32. The highest BCUT2D eigenvalue weighted by Gasteiger charge is 2.09. The second-order valence-electron chi connectivity index (χ2n) is 2.76. The molecular formula is C9H12N2S. The van der Waals surface area contributed by atoms with E-state index in [1.54, 1.807) is 17.4 Å². The van der Waals surface area contributed by atoms with Gasteiger partial charge in [0.25, 0.3) is 0 Å². The zero-order chi connectivity index (χ0) is 9.14. The predicted octanol–water partition coefficient (Wildman–Crippen LogP) is 3.24. The van der Waals surface area contributed by atoms with Crippen LogP contribution in [-0.4, -0.2) is 11.7 Å². The highest BCUT2D eigenvalue weighted by Crippen LogP contribution is 2.30. The third-order valence-corrected chi connectivity index (χ3v) is 2.82. The first-order chi connectivity index (χ1) is 5.69. The molecule has 3 heteroatoms. The summed E-state index contributed by atoms with van der Waals surface area (Å²) in [5, 5.41) is 1.09. The van der Waals surface area contributed by atoms with Crippen LogP contribution in [0, 0.1) is 0 Å². The zero-order valence-corrected chi connectivity index (χ0v) is 8.19. The fourth-order valence-corrected chi connectivity index (χ4v) is 1.71. The number of aromatic nitrogens is 1. The highest BCUT2D eigenvalue weighted by molar-refractivity contribution is 7.13. The molecule has 0 saturated heterocycles. The van der Waals surface area contributed by atoms with Crippen molar-refractivity contribution in [1.29, 1.82) is 0 Å². The minimum Gasteiger partial charge on any atom is -0.244 e. The highest BCUT2D eigenvalue weighted by atomic mass is 32.1. The van der Waals surface area contributed by atoms with E-state index >= 15 is 0 Å². The van der Waals surface area contributed by atoms with Crippen LogP contribution in [0.2, 0.25) is 0 Å². The molecule has 0 spiro atoms. The Morgan fingerprint density at radius 1 is 1.58 bits per heavy atom. The van der Waals surface area contributed by atoms with Crippen LogP contribution >= 0.6 is 11.3 Å². The SMILES string of the molecule is C=Cc1sc(C(C)C)nc1N=C. The molecule has 0 aromatic carbocycles. The molecule has 0 atom stereocenters. The molecular weight excluding hydrogens is 168 g/mol. The quantitative estimate of drug-likeness (QED) is 0.655. The zero-order valence-electron chi connectivity index (χ0n) is 7.37. The molecule has 0 amide bonds. The van der Waals surface area contributed by atoms with E-state index < -0.39 is 0 Å². The van der Waals surface area contributed by atoms with E-state index in [-0.39, 0.29) is 0 Å². The van der Waals surface area contributed by atoms with Crippen LogP contribution in [0.15, 0.2) is 11.6 Å². The summed E-state index contributed by atoms with van der Waals surface area (Å²) >= 11 is 1.63. The lowest BCUT2D eigenvalue weighted by atomic mass is 10.2. The van der Waals surface area contributed by atoms with E-state index in [1.165, 1.54) is 0 Å². The molecule has 0 saturated carbocycles. The van der Waals surface area contributed by atoms with Crippen molar-refractivity contribution in [3.05, 3.63) is 16.5 Å². The second-order valence-corrected chi connectivity index (χ2v) is 3.82. The minimum absolute atomic E-state index is 0.448. The maximum absolute atomic E-state index is 4.32. The molecule has 0 bridgehead atoms. The Morgan fingerprint density at radius 2 is 2.25 bits per heavy atom. The molecule has 0 unspecified atom stereocenters. The van der Waals surface area contributed by atoms with E-state index in [9.17, 15) is 0 Å². The Morgan fingerprint density at radius 3 is 2.58 bits per heavy atom. The molecule has 0 N–H and O–H groups in total. The van der Waals surface area contributed by atoms with E-state index in [2.05, 4.69) is 37.1 Å². The lowest BCUT2D eigenvalue weighted by Gasteiger charge is -1.94. The molecule has 1 heterocycles. The fourth-order valence-electron chi connectivity index (χ4n) is 0.834. The van der Waals surface area contributed by atoms with Crippen molar-refractivity contribution in [2.75, 3.05) is 0 Å².